The number of primary amides is 1. The van der Waals surface area contributed by atoms with Crippen LogP contribution in [0, 0.1) is 23.2 Å². The van der Waals surface area contributed by atoms with Crippen molar-refractivity contribution < 1.29 is 9.59 Å². The highest BCUT2D eigenvalue weighted by Gasteiger charge is 2.47. The van der Waals surface area contributed by atoms with Crippen LogP contribution in [0.3, 0.4) is 0 Å². The lowest BCUT2D eigenvalue weighted by atomic mass is 9.57. The number of amides is 1. The highest BCUT2D eigenvalue weighted by Crippen LogP contribution is 2.50. The third-order valence-electron chi connectivity index (χ3n) is 7.82. The maximum Gasteiger partial charge on any atom is 0.223 e. The van der Waals surface area contributed by atoms with E-state index < -0.39 is 0 Å². The van der Waals surface area contributed by atoms with E-state index in [9.17, 15) is 9.59 Å². The Hall–Kier alpha value is -1.96. The lowest BCUT2D eigenvalue weighted by molar-refractivity contribution is -0.132. The van der Waals surface area contributed by atoms with Crippen LogP contribution in [0.4, 0.5) is 0 Å². The van der Waals surface area contributed by atoms with Gasteiger partial charge in [-0.05, 0) is 87.4 Å². The molecule has 5 rings (SSSR count). The summed E-state index contributed by atoms with van der Waals surface area (Å²) in [4.78, 5) is 27.9. The minimum absolute atomic E-state index is 0.105. The van der Waals surface area contributed by atoms with Gasteiger partial charge in [0, 0.05) is 27.9 Å². The average molecular weight is 469 g/mol. The van der Waals surface area contributed by atoms with Crippen LogP contribution >= 0.6 is 11.9 Å². The summed E-state index contributed by atoms with van der Waals surface area (Å²) in [6.07, 6.45) is 9.15. The number of pyridine rings is 1. The van der Waals surface area contributed by atoms with Crippen LogP contribution in [-0.4, -0.2) is 35.8 Å². The molecule has 0 aliphatic heterocycles. The zero-order valence-corrected chi connectivity index (χ0v) is 20.7. The van der Waals surface area contributed by atoms with Gasteiger partial charge < -0.3 is 15.8 Å². The summed E-state index contributed by atoms with van der Waals surface area (Å²) in [5.74, 6) is 1.96. The Labute approximate surface area is 201 Å². The van der Waals surface area contributed by atoms with E-state index in [-0.39, 0.29) is 16.9 Å². The number of hydrogen-bond donors (Lipinski definition) is 3. The maximum atomic E-state index is 11.6. The summed E-state index contributed by atoms with van der Waals surface area (Å²) in [6.45, 7) is 4.38. The van der Waals surface area contributed by atoms with E-state index in [1.54, 1.807) is 6.20 Å². The first kappa shape index (κ1) is 24.2. The van der Waals surface area contributed by atoms with Crippen LogP contribution in [0.15, 0.2) is 41.4 Å². The minimum atomic E-state index is -0.290. The van der Waals surface area contributed by atoms with Gasteiger partial charge in [-0.3, -0.25) is 9.78 Å². The molecule has 1 aromatic heterocycles. The second-order valence-corrected chi connectivity index (χ2v) is 11.4. The molecule has 1 aromatic carbocycles. The van der Waals surface area contributed by atoms with Crippen molar-refractivity contribution in [2.24, 2.45) is 28.9 Å². The fourth-order valence-corrected chi connectivity index (χ4v) is 6.88. The molecular formula is C26H36N4O2S. The highest BCUT2D eigenvalue weighted by atomic mass is 32.2. The number of nitrogens with two attached hydrogens (primary N) is 1. The molecule has 2 bridgehead atoms. The number of para-hydroxylation sites is 1. The summed E-state index contributed by atoms with van der Waals surface area (Å²) in [5, 5.41) is 4.55. The number of carbonyl (C=O) groups is 2. The van der Waals surface area contributed by atoms with Gasteiger partial charge in [-0.1, -0.05) is 32.0 Å². The topological polar surface area (TPSA) is 97.1 Å². The Morgan fingerprint density at radius 3 is 2.64 bits per heavy atom. The van der Waals surface area contributed by atoms with Gasteiger partial charge in [0.05, 0.1) is 11.1 Å². The van der Waals surface area contributed by atoms with Crippen molar-refractivity contribution in [1.29, 1.82) is 0 Å². The van der Waals surface area contributed by atoms with Gasteiger partial charge in [-0.2, -0.15) is 0 Å². The van der Waals surface area contributed by atoms with Crippen molar-refractivity contribution in [2.45, 2.75) is 68.8 Å². The Kier molecular flexibility index (Phi) is 7.12. The van der Waals surface area contributed by atoms with Crippen LogP contribution in [0.25, 0.3) is 10.9 Å². The van der Waals surface area contributed by atoms with Crippen LogP contribution in [-0.2, 0) is 9.59 Å². The summed E-state index contributed by atoms with van der Waals surface area (Å²) in [6, 6.07) is 10.6. The van der Waals surface area contributed by atoms with Crippen molar-refractivity contribution in [1.82, 2.24) is 15.0 Å². The van der Waals surface area contributed by atoms with E-state index in [1.807, 2.05) is 37.4 Å². The van der Waals surface area contributed by atoms with Gasteiger partial charge in [0.25, 0.3) is 0 Å². The van der Waals surface area contributed by atoms with Gasteiger partial charge in [0.15, 0.2) is 0 Å². The van der Waals surface area contributed by atoms with E-state index in [0.29, 0.717) is 17.9 Å². The van der Waals surface area contributed by atoms with Crippen molar-refractivity contribution >= 4 is 35.0 Å². The van der Waals surface area contributed by atoms with Crippen molar-refractivity contribution in [2.75, 3.05) is 7.05 Å². The minimum Gasteiger partial charge on any atom is -0.369 e. The molecule has 0 saturated heterocycles. The second-order valence-electron chi connectivity index (χ2n) is 10.5. The molecule has 33 heavy (non-hydrogen) atoms. The first-order valence-corrected chi connectivity index (χ1v) is 12.8. The standard InChI is InChI=1S/C13H12N2OS.C13H24N2O/c16-9-13(6-7-13)15-17-11-5-1-3-10-4-2-8-14-12(10)11;1-8-4-9-5-10(11(8)15-3)7-13(2,6-9)12(14)16/h1-5,8-9,15H,6-7H2;8-11,15H,4-7H2,1-3H3,(H2,14,16). The van der Waals surface area contributed by atoms with E-state index in [2.05, 4.69) is 28.9 Å². The fourth-order valence-electron chi connectivity index (χ4n) is 5.90. The first-order valence-electron chi connectivity index (χ1n) is 12.0. The van der Waals surface area contributed by atoms with Gasteiger partial charge >= 0.3 is 0 Å². The van der Waals surface area contributed by atoms with E-state index in [4.69, 9.17) is 5.73 Å². The Morgan fingerprint density at radius 2 is 1.97 bits per heavy atom. The second kappa shape index (κ2) is 9.72. The SMILES string of the molecule is CNC1C(C)CC2CC1CC(C)(C(N)=O)C2.O=CC1(NSc2cccc3cccnc23)CC1. The molecule has 0 radical (unpaired) electrons. The zero-order valence-electron chi connectivity index (χ0n) is 19.8. The van der Waals surface area contributed by atoms with Gasteiger partial charge in [-0.15, -0.1) is 0 Å². The predicted molar refractivity (Wildman–Crippen MR) is 134 cm³/mol. The molecule has 178 valence electrons. The number of rotatable bonds is 6. The van der Waals surface area contributed by atoms with Crippen molar-refractivity contribution in [3.63, 3.8) is 0 Å². The normalized spacial score (nSPS) is 31.8. The maximum absolute atomic E-state index is 11.6. The van der Waals surface area contributed by atoms with Gasteiger partial charge in [0.1, 0.15) is 6.29 Å². The van der Waals surface area contributed by atoms with E-state index >= 15 is 0 Å². The van der Waals surface area contributed by atoms with Gasteiger partial charge in [-0.25, -0.2) is 4.72 Å². The molecular weight excluding hydrogens is 432 g/mol. The highest BCUT2D eigenvalue weighted by molar-refractivity contribution is 7.97. The number of carbonyl (C=O) groups excluding carboxylic acids is 2. The Morgan fingerprint density at radius 1 is 1.21 bits per heavy atom. The predicted octanol–water partition coefficient (Wildman–Crippen LogP) is 4.09. The molecule has 6 nitrogen and oxygen atoms in total. The molecule has 2 aromatic rings. The third-order valence-corrected chi connectivity index (χ3v) is 8.87. The number of hydrogen-bond acceptors (Lipinski definition) is 6. The molecule has 4 N–H and O–H groups in total. The number of fused-ring (bicyclic) bond motifs is 3. The molecule has 0 spiro atoms. The van der Waals surface area contributed by atoms with E-state index in [0.717, 1.165) is 53.7 Å². The molecule has 1 amide bonds. The number of benzene rings is 1. The fraction of sp³-hybridized carbons (Fsp3) is 0.577. The van der Waals surface area contributed by atoms with Crippen LogP contribution < -0.4 is 15.8 Å². The molecule has 3 fully saturated rings. The van der Waals surface area contributed by atoms with E-state index in [1.165, 1.54) is 24.8 Å². The Bertz CT molecular complexity index is 1000. The molecule has 3 aliphatic rings. The number of nitrogens with zero attached hydrogens (tertiary/aromatic N) is 1. The lowest BCUT2D eigenvalue weighted by Crippen LogP contribution is -2.52. The molecule has 5 unspecified atom stereocenters. The average Bonchev–Trinajstić information content (AvgIpc) is 3.58. The summed E-state index contributed by atoms with van der Waals surface area (Å²) in [5.41, 5.74) is 6.00. The Balaban J connectivity index is 0.000000157. The monoisotopic (exact) mass is 468 g/mol. The smallest absolute Gasteiger partial charge is 0.223 e. The summed E-state index contributed by atoms with van der Waals surface area (Å²) in [7, 11) is 2.04. The van der Waals surface area contributed by atoms with Crippen molar-refractivity contribution in [3.8, 4) is 0 Å². The quantitative estimate of drug-likeness (QED) is 0.437. The lowest BCUT2D eigenvalue weighted by Gasteiger charge is -2.49. The third kappa shape index (κ3) is 5.26. The molecule has 5 atom stereocenters. The molecule has 3 saturated carbocycles. The number of nitrogens with one attached hydrogen (secondary N) is 2. The summed E-state index contributed by atoms with van der Waals surface area (Å²) < 4.78 is 3.24. The van der Waals surface area contributed by atoms with Crippen LogP contribution in [0.2, 0.25) is 0 Å². The summed E-state index contributed by atoms with van der Waals surface area (Å²) >= 11 is 1.50. The van der Waals surface area contributed by atoms with Gasteiger partial charge in [0.2, 0.25) is 5.91 Å². The molecule has 3 aliphatic carbocycles. The molecule has 1 heterocycles. The first-order chi connectivity index (χ1) is 15.8. The number of aldehydes is 1. The number of aromatic nitrogens is 1. The molecule has 7 heteroatoms. The zero-order chi connectivity index (χ0) is 23.6. The van der Waals surface area contributed by atoms with Crippen molar-refractivity contribution in [3.05, 3.63) is 36.5 Å². The largest absolute Gasteiger partial charge is 0.369 e. The van der Waals surface area contributed by atoms with Crippen LogP contribution in [0.1, 0.15) is 52.4 Å². The van der Waals surface area contributed by atoms with Crippen LogP contribution in [0.5, 0.6) is 0 Å².